The Kier molecular flexibility index (Phi) is 4.77. The largest absolute Gasteiger partial charge is 0.338 e. The van der Waals surface area contributed by atoms with E-state index in [9.17, 15) is 4.79 Å². The Hall–Kier alpha value is -1.32. The van der Waals surface area contributed by atoms with E-state index in [4.69, 9.17) is 0 Å². The van der Waals surface area contributed by atoms with Gasteiger partial charge in [-0.1, -0.05) is 0 Å². The molecule has 1 saturated heterocycles. The van der Waals surface area contributed by atoms with Crippen LogP contribution in [0.25, 0.3) is 0 Å². The lowest BCUT2D eigenvalue weighted by Gasteiger charge is -2.31. The van der Waals surface area contributed by atoms with Gasteiger partial charge in [-0.15, -0.1) is 0 Å². The molecule has 19 heavy (non-hydrogen) atoms. The molecule has 4 heteroatoms. The van der Waals surface area contributed by atoms with Crippen LogP contribution in [-0.2, 0) is 10.3 Å². The van der Waals surface area contributed by atoms with Gasteiger partial charge in [-0.2, -0.15) is 5.10 Å². The monoisotopic (exact) mass is 265 g/mol. The Bertz CT molecular complexity index is 396. The zero-order chi connectivity index (χ0) is 14.7. The van der Waals surface area contributed by atoms with Gasteiger partial charge in [0, 0.05) is 30.9 Å². The highest BCUT2D eigenvalue weighted by atomic mass is 16.2. The molecule has 108 valence electrons. The van der Waals surface area contributed by atoms with Gasteiger partial charge in [0.1, 0.15) is 0 Å². The van der Waals surface area contributed by atoms with Crippen LogP contribution in [0.3, 0.4) is 0 Å². The van der Waals surface area contributed by atoms with E-state index in [1.807, 2.05) is 21.8 Å². The molecule has 0 spiro atoms. The molecule has 0 unspecified atom stereocenters. The molecule has 0 bridgehead atoms. The van der Waals surface area contributed by atoms with Crippen LogP contribution in [0, 0.1) is 0 Å². The lowest BCUT2D eigenvalue weighted by molar-refractivity contribution is -0.131. The predicted octanol–water partition coefficient (Wildman–Crippen LogP) is 3.05. The number of rotatable bonds is 0. The molecular formula is C15H27N3O. The number of likely N-dealkylation sites (tertiary alicyclic amines) is 1. The van der Waals surface area contributed by atoms with Crippen molar-refractivity contribution in [2.45, 2.75) is 65.5 Å². The number of aromatic nitrogens is 2. The van der Waals surface area contributed by atoms with Gasteiger partial charge in [-0.3, -0.25) is 9.48 Å². The van der Waals surface area contributed by atoms with E-state index >= 15 is 0 Å². The first-order chi connectivity index (χ1) is 8.62. The van der Waals surface area contributed by atoms with E-state index in [1.165, 1.54) is 0 Å². The highest BCUT2D eigenvalue weighted by Gasteiger charge is 2.29. The van der Waals surface area contributed by atoms with Gasteiger partial charge in [0.25, 0.3) is 0 Å². The van der Waals surface area contributed by atoms with Gasteiger partial charge in [0.2, 0.25) is 5.91 Å². The Morgan fingerprint density at radius 3 is 1.95 bits per heavy atom. The van der Waals surface area contributed by atoms with Crippen LogP contribution in [-0.4, -0.2) is 32.7 Å². The smallest absolute Gasteiger partial charge is 0.223 e. The minimum Gasteiger partial charge on any atom is -0.338 e. The summed E-state index contributed by atoms with van der Waals surface area (Å²) >= 11 is 0. The lowest BCUT2D eigenvalue weighted by atomic mass is 10.1. The third-order valence-corrected chi connectivity index (χ3v) is 3.07. The minimum atomic E-state index is 0.0353. The van der Waals surface area contributed by atoms with Crippen molar-refractivity contribution in [3.05, 3.63) is 18.5 Å². The van der Waals surface area contributed by atoms with E-state index < -0.39 is 0 Å². The fourth-order valence-electron chi connectivity index (χ4n) is 2.02. The number of nitrogens with zero attached hydrogens (tertiary/aromatic N) is 3. The van der Waals surface area contributed by atoms with Crippen molar-refractivity contribution in [2.24, 2.45) is 0 Å². The maximum Gasteiger partial charge on any atom is 0.223 e. The summed E-state index contributed by atoms with van der Waals surface area (Å²) in [6.45, 7) is 13.6. The average Bonchev–Trinajstić information content (AvgIpc) is 2.84. The summed E-state index contributed by atoms with van der Waals surface area (Å²) in [7, 11) is 0. The Labute approximate surface area is 116 Å². The van der Waals surface area contributed by atoms with E-state index in [-0.39, 0.29) is 11.1 Å². The Balaban J connectivity index is 0.000000191. The standard InChI is InChI=1S/C8H15NO.C7H12N2/c1-8(2,3)9-6-4-5-7(9)10;1-7(2,3)9-6-4-5-8-9/h4-6H2,1-3H3;4-6H,1-3H3. The molecule has 1 fully saturated rings. The van der Waals surface area contributed by atoms with E-state index in [2.05, 4.69) is 46.6 Å². The maximum atomic E-state index is 11.1. The SMILES string of the molecule is CC(C)(C)N1CCCC1=O.CC(C)(C)n1cccn1. The fourth-order valence-corrected chi connectivity index (χ4v) is 2.02. The summed E-state index contributed by atoms with van der Waals surface area (Å²) in [5.74, 6) is 0.313. The van der Waals surface area contributed by atoms with Crippen molar-refractivity contribution < 1.29 is 4.79 Å². The summed E-state index contributed by atoms with van der Waals surface area (Å²) in [4.78, 5) is 13.1. The van der Waals surface area contributed by atoms with Crippen molar-refractivity contribution in [2.75, 3.05) is 6.54 Å². The molecule has 2 heterocycles. The summed E-state index contributed by atoms with van der Waals surface area (Å²) in [5, 5.41) is 4.10. The molecule has 2 rings (SSSR count). The van der Waals surface area contributed by atoms with Crippen molar-refractivity contribution in [3.63, 3.8) is 0 Å². The van der Waals surface area contributed by atoms with Crippen LogP contribution in [0.5, 0.6) is 0 Å². The second-order valence-electron chi connectivity index (χ2n) is 6.94. The van der Waals surface area contributed by atoms with Gasteiger partial charge >= 0.3 is 0 Å². The molecule has 0 N–H and O–H groups in total. The zero-order valence-corrected chi connectivity index (χ0v) is 13.1. The first-order valence-electron chi connectivity index (χ1n) is 6.93. The van der Waals surface area contributed by atoms with E-state index in [1.54, 1.807) is 6.20 Å². The van der Waals surface area contributed by atoms with Crippen LogP contribution in [0.15, 0.2) is 18.5 Å². The number of hydrogen-bond acceptors (Lipinski definition) is 2. The topological polar surface area (TPSA) is 38.1 Å². The second kappa shape index (κ2) is 5.76. The number of carbonyl (C=O) groups excluding carboxylic acids is 1. The third kappa shape index (κ3) is 4.69. The molecule has 0 saturated carbocycles. The molecule has 1 aliphatic heterocycles. The van der Waals surface area contributed by atoms with Gasteiger partial charge < -0.3 is 4.90 Å². The Morgan fingerprint density at radius 2 is 1.74 bits per heavy atom. The normalized spacial score (nSPS) is 16.3. The molecule has 0 atom stereocenters. The van der Waals surface area contributed by atoms with Gasteiger partial charge in [-0.05, 0) is 54.0 Å². The summed E-state index contributed by atoms with van der Waals surface area (Å²) in [5.41, 5.74) is 0.164. The van der Waals surface area contributed by atoms with Gasteiger partial charge in [0.05, 0.1) is 5.54 Å². The number of amides is 1. The summed E-state index contributed by atoms with van der Waals surface area (Å²) in [6, 6.07) is 1.94. The second-order valence-corrected chi connectivity index (χ2v) is 6.94. The lowest BCUT2D eigenvalue weighted by Crippen LogP contribution is -2.41. The fraction of sp³-hybridized carbons (Fsp3) is 0.733. The molecule has 1 amide bonds. The Morgan fingerprint density at radius 1 is 1.11 bits per heavy atom. The molecule has 0 radical (unpaired) electrons. The highest BCUT2D eigenvalue weighted by Crippen LogP contribution is 2.20. The molecule has 1 aromatic rings. The number of hydrogen-bond donors (Lipinski definition) is 0. The third-order valence-electron chi connectivity index (χ3n) is 3.07. The van der Waals surface area contributed by atoms with Crippen LogP contribution in [0.2, 0.25) is 0 Å². The first-order valence-corrected chi connectivity index (χ1v) is 6.93. The zero-order valence-electron chi connectivity index (χ0n) is 13.1. The van der Waals surface area contributed by atoms with Crippen molar-refractivity contribution in [1.29, 1.82) is 0 Å². The van der Waals surface area contributed by atoms with Gasteiger partial charge in [0.15, 0.2) is 0 Å². The molecule has 0 aromatic carbocycles. The molecule has 4 nitrogen and oxygen atoms in total. The van der Waals surface area contributed by atoms with Crippen molar-refractivity contribution >= 4 is 5.91 Å². The first kappa shape index (κ1) is 15.7. The summed E-state index contributed by atoms with van der Waals surface area (Å²) in [6.07, 6.45) is 5.55. The predicted molar refractivity (Wildman–Crippen MR) is 77.9 cm³/mol. The van der Waals surface area contributed by atoms with Crippen LogP contribution >= 0.6 is 0 Å². The quantitative estimate of drug-likeness (QED) is 0.723. The molecule has 1 aromatic heterocycles. The average molecular weight is 265 g/mol. The highest BCUT2D eigenvalue weighted by molar-refractivity contribution is 5.78. The van der Waals surface area contributed by atoms with Gasteiger partial charge in [-0.25, -0.2) is 0 Å². The van der Waals surface area contributed by atoms with E-state index in [0.717, 1.165) is 19.4 Å². The van der Waals surface area contributed by atoms with Crippen molar-refractivity contribution in [3.8, 4) is 0 Å². The molecule has 0 aliphatic carbocycles. The van der Waals surface area contributed by atoms with Crippen LogP contribution < -0.4 is 0 Å². The number of carbonyl (C=O) groups is 1. The molecule has 1 aliphatic rings. The summed E-state index contributed by atoms with van der Waals surface area (Å²) < 4.78 is 1.94. The van der Waals surface area contributed by atoms with E-state index in [0.29, 0.717) is 5.91 Å². The van der Waals surface area contributed by atoms with Crippen LogP contribution in [0.4, 0.5) is 0 Å². The minimum absolute atomic E-state index is 0.0353. The van der Waals surface area contributed by atoms with Crippen LogP contribution in [0.1, 0.15) is 54.4 Å². The molecular weight excluding hydrogens is 238 g/mol. The maximum absolute atomic E-state index is 11.1. The van der Waals surface area contributed by atoms with Crippen molar-refractivity contribution in [1.82, 2.24) is 14.7 Å².